The van der Waals surface area contributed by atoms with E-state index in [1.807, 2.05) is 55.5 Å². The summed E-state index contributed by atoms with van der Waals surface area (Å²) in [5, 5.41) is 10.7. The molecule has 1 atom stereocenters. The van der Waals surface area contributed by atoms with Crippen LogP contribution in [0.1, 0.15) is 25.1 Å². The Morgan fingerprint density at radius 2 is 1.80 bits per heavy atom. The van der Waals surface area contributed by atoms with E-state index in [1.165, 1.54) is 0 Å². The maximum Gasteiger partial charge on any atom is 0.0994 e. The molecule has 1 unspecified atom stereocenters. The Hall–Kier alpha value is -1.71. The van der Waals surface area contributed by atoms with Crippen molar-refractivity contribution < 1.29 is 5.11 Å². The van der Waals surface area contributed by atoms with E-state index in [-0.39, 0.29) is 0 Å². The van der Waals surface area contributed by atoms with Crippen molar-refractivity contribution in [2.24, 2.45) is 0 Å². The molecular formula is C17H22N2O. The Morgan fingerprint density at radius 1 is 1.10 bits per heavy atom. The van der Waals surface area contributed by atoms with Crippen molar-refractivity contribution in [2.45, 2.75) is 26.0 Å². The molecule has 1 N–H and O–H groups in total. The van der Waals surface area contributed by atoms with E-state index < -0.39 is 5.60 Å². The topological polar surface area (TPSA) is 36.4 Å². The maximum absolute atomic E-state index is 10.7. The highest BCUT2D eigenvalue weighted by atomic mass is 16.3. The average Bonchev–Trinajstić information content (AvgIpc) is 2.48. The van der Waals surface area contributed by atoms with Gasteiger partial charge in [-0.05, 0) is 31.2 Å². The zero-order valence-electron chi connectivity index (χ0n) is 12.2. The van der Waals surface area contributed by atoms with Crippen molar-refractivity contribution in [3.63, 3.8) is 0 Å². The fourth-order valence-electron chi connectivity index (χ4n) is 2.32. The van der Waals surface area contributed by atoms with Crippen LogP contribution >= 0.6 is 0 Å². The number of nitrogens with zero attached hydrogens (tertiary/aromatic N) is 2. The van der Waals surface area contributed by atoms with E-state index >= 15 is 0 Å². The summed E-state index contributed by atoms with van der Waals surface area (Å²) in [6.45, 7) is 6.18. The highest BCUT2D eigenvalue weighted by Gasteiger charge is 2.25. The number of aromatic nitrogens is 1. The lowest BCUT2D eigenvalue weighted by molar-refractivity contribution is 0.0146. The van der Waals surface area contributed by atoms with Crippen LogP contribution in [0.2, 0.25) is 0 Å². The Balaban J connectivity index is 2.06. The number of rotatable bonds is 6. The van der Waals surface area contributed by atoms with Gasteiger partial charge in [0.1, 0.15) is 0 Å². The van der Waals surface area contributed by atoms with Gasteiger partial charge in [-0.2, -0.15) is 0 Å². The van der Waals surface area contributed by atoms with Crippen molar-refractivity contribution in [1.82, 2.24) is 9.88 Å². The summed E-state index contributed by atoms with van der Waals surface area (Å²) >= 11 is 0. The zero-order valence-corrected chi connectivity index (χ0v) is 12.2. The van der Waals surface area contributed by atoms with Crippen molar-refractivity contribution >= 4 is 0 Å². The molecule has 0 saturated heterocycles. The van der Waals surface area contributed by atoms with Crippen LogP contribution in [0.25, 0.3) is 0 Å². The van der Waals surface area contributed by atoms with Crippen LogP contribution in [0.15, 0.2) is 54.7 Å². The van der Waals surface area contributed by atoms with E-state index in [2.05, 4.69) is 16.8 Å². The van der Waals surface area contributed by atoms with Gasteiger partial charge in [0.25, 0.3) is 0 Å². The van der Waals surface area contributed by atoms with E-state index in [9.17, 15) is 5.11 Å². The molecule has 0 aliphatic rings. The van der Waals surface area contributed by atoms with Crippen LogP contribution in [-0.2, 0) is 12.1 Å². The largest absolute Gasteiger partial charge is 0.384 e. The number of aliphatic hydroxyl groups is 1. The molecule has 2 rings (SSSR count). The monoisotopic (exact) mass is 270 g/mol. The SMILES string of the molecule is CCN(Cc1ccccn1)CC(C)(O)c1ccccc1. The second-order valence-corrected chi connectivity index (χ2v) is 5.26. The minimum absolute atomic E-state index is 0.587. The lowest BCUT2D eigenvalue weighted by atomic mass is 9.95. The van der Waals surface area contributed by atoms with Crippen LogP contribution in [0.5, 0.6) is 0 Å². The predicted molar refractivity (Wildman–Crippen MR) is 81.2 cm³/mol. The third-order valence-electron chi connectivity index (χ3n) is 3.49. The fourth-order valence-corrected chi connectivity index (χ4v) is 2.32. The Bertz CT molecular complexity index is 511. The number of hydrogen-bond acceptors (Lipinski definition) is 3. The van der Waals surface area contributed by atoms with Gasteiger partial charge in [-0.3, -0.25) is 9.88 Å². The molecule has 0 fully saturated rings. The van der Waals surface area contributed by atoms with Gasteiger partial charge in [0, 0.05) is 19.3 Å². The van der Waals surface area contributed by atoms with Crippen molar-refractivity contribution in [3.05, 3.63) is 66.0 Å². The smallest absolute Gasteiger partial charge is 0.0994 e. The van der Waals surface area contributed by atoms with E-state index in [4.69, 9.17) is 0 Å². The summed E-state index contributed by atoms with van der Waals surface area (Å²) in [6.07, 6.45) is 1.80. The van der Waals surface area contributed by atoms with E-state index in [0.717, 1.165) is 24.3 Å². The van der Waals surface area contributed by atoms with Gasteiger partial charge < -0.3 is 5.11 Å². The molecule has 2 aromatic rings. The molecule has 106 valence electrons. The number of pyridine rings is 1. The third-order valence-corrected chi connectivity index (χ3v) is 3.49. The van der Waals surface area contributed by atoms with Gasteiger partial charge in [-0.25, -0.2) is 0 Å². The lowest BCUT2D eigenvalue weighted by Crippen LogP contribution is -2.38. The minimum Gasteiger partial charge on any atom is -0.384 e. The number of benzene rings is 1. The first-order valence-corrected chi connectivity index (χ1v) is 7.02. The molecule has 0 radical (unpaired) electrons. The van der Waals surface area contributed by atoms with Gasteiger partial charge in [0.15, 0.2) is 0 Å². The highest BCUT2D eigenvalue weighted by molar-refractivity contribution is 5.21. The van der Waals surface area contributed by atoms with Crippen LogP contribution < -0.4 is 0 Å². The normalized spacial score (nSPS) is 14.2. The Kier molecular flexibility index (Phi) is 4.88. The highest BCUT2D eigenvalue weighted by Crippen LogP contribution is 2.22. The van der Waals surface area contributed by atoms with Gasteiger partial charge in [0.2, 0.25) is 0 Å². The van der Waals surface area contributed by atoms with Crippen molar-refractivity contribution in [1.29, 1.82) is 0 Å². The van der Waals surface area contributed by atoms with Crippen LogP contribution in [-0.4, -0.2) is 28.1 Å². The molecular weight excluding hydrogens is 248 g/mol. The standard InChI is InChI=1S/C17H22N2O/c1-3-19(13-16-11-7-8-12-18-16)14-17(2,20)15-9-5-4-6-10-15/h4-12,20H,3,13-14H2,1-2H3. The van der Waals surface area contributed by atoms with Crippen LogP contribution in [0.3, 0.4) is 0 Å². The number of hydrogen-bond donors (Lipinski definition) is 1. The van der Waals surface area contributed by atoms with Crippen molar-refractivity contribution in [2.75, 3.05) is 13.1 Å². The Labute approximate surface area is 120 Å². The second-order valence-electron chi connectivity index (χ2n) is 5.26. The summed E-state index contributed by atoms with van der Waals surface area (Å²) in [5.41, 5.74) is 1.11. The van der Waals surface area contributed by atoms with Gasteiger partial charge in [-0.1, -0.05) is 43.3 Å². The lowest BCUT2D eigenvalue weighted by Gasteiger charge is -2.31. The fraction of sp³-hybridized carbons (Fsp3) is 0.353. The molecule has 0 saturated carbocycles. The first kappa shape index (κ1) is 14.7. The van der Waals surface area contributed by atoms with Gasteiger partial charge in [-0.15, -0.1) is 0 Å². The molecule has 3 nitrogen and oxygen atoms in total. The van der Waals surface area contributed by atoms with Crippen molar-refractivity contribution in [3.8, 4) is 0 Å². The average molecular weight is 270 g/mol. The molecule has 0 spiro atoms. The van der Waals surface area contributed by atoms with Crippen LogP contribution in [0.4, 0.5) is 0 Å². The van der Waals surface area contributed by atoms with E-state index in [0.29, 0.717) is 6.54 Å². The molecule has 0 aliphatic heterocycles. The van der Waals surface area contributed by atoms with Gasteiger partial charge in [0.05, 0.1) is 11.3 Å². The van der Waals surface area contributed by atoms with E-state index in [1.54, 1.807) is 6.20 Å². The zero-order chi connectivity index (χ0) is 14.4. The molecule has 1 aromatic heterocycles. The molecule has 3 heteroatoms. The maximum atomic E-state index is 10.7. The molecule has 0 aliphatic carbocycles. The quantitative estimate of drug-likeness (QED) is 0.877. The molecule has 20 heavy (non-hydrogen) atoms. The summed E-state index contributed by atoms with van der Waals surface area (Å²) in [7, 11) is 0. The third kappa shape index (κ3) is 3.89. The van der Waals surface area contributed by atoms with Gasteiger partial charge >= 0.3 is 0 Å². The predicted octanol–water partition coefficient (Wildman–Crippen LogP) is 2.81. The molecule has 0 bridgehead atoms. The summed E-state index contributed by atoms with van der Waals surface area (Å²) in [6, 6.07) is 15.7. The minimum atomic E-state index is -0.855. The van der Waals surface area contributed by atoms with Crippen LogP contribution in [0, 0.1) is 0 Å². The summed E-state index contributed by atoms with van der Waals surface area (Å²) in [5.74, 6) is 0. The first-order valence-electron chi connectivity index (χ1n) is 7.02. The second kappa shape index (κ2) is 6.64. The summed E-state index contributed by atoms with van der Waals surface area (Å²) in [4.78, 5) is 6.55. The molecule has 1 aromatic carbocycles. The Morgan fingerprint density at radius 3 is 2.40 bits per heavy atom. The molecule has 1 heterocycles. The summed E-state index contributed by atoms with van der Waals surface area (Å²) < 4.78 is 0. The molecule has 0 amide bonds. The number of likely N-dealkylation sites (N-methyl/N-ethyl adjacent to an activating group) is 1. The first-order chi connectivity index (χ1) is 9.62.